The van der Waals surface area contributed by atoms with Gasteiger partial charge in [-0.3, -0.25) is 10.1 Å². The van der Waals surface area contributed by atoms with Crippen molar-refractivity contribution in [2.45, 2.75) is 30.8 Å². The van der Waals surface area contributed by atoms with Gasteiger partial charge in [0.15, 0.2) is 0 Å². The Bertz CT molecular complexity index is 1670. The first-order chi connectivity index (χ1) is 22.2. The number of alkyl halides is 6. The summed E-state index contributed by atoms with van der Waals surface area (Å²) >= 11 is 12.1. The number of amides is 1. The van der Waals surface area contributed by atoms with Crippen molar-refractivity contribution in [3.63, 3.8) is 0 Å². The highest BCUT2D eigenvalue weighted by molar-refractivity contribution is 6.42. The van der Waals surface area contributed by atoms with Gasteiger partial charge in [-0.25, -0.2) is 0 Å². The fraction of sp³-hybridized carbons (Fsp3) is 0.242. The lowest BCUT2D eigenvalue weighted by atomic mass is 10.0. The maximum atomic E-state index is 13.4. The molecule has 1 saturated heterocycles. The van der Waals surface area contributed by atoms with E-state index in [2.05, 4.69) is 20.9 Å². The van der Waals surface area contributed by atoms with E-state index in [1.165, 1.54) is 18.2 Å². The van der Waals surface area contributed by atoms with Gasteiger partial charge in [0.1, 0.15) is 12.4 Å². The SMILES string of the molecule is O=C(CNC1CN(c2ccc(-c3ccccc3)cc2)C1)NC(NC(O)c1cc(C(F)(F)F)cc(C(F)(F)F)c1)c1ccc(Cl)c(Cl)c1. The minimum absolute atomic E-state index is 0.0255. The van der Waals surface area contributed by atoms with Gasteiger partial charge in [-0.15, -0.1) is 0 Å². The van der Waals surface area contributed by atoms with Crippen molar-refractivity contribution in [1.29, 1.82) is 0 Å². The van der Waals surface area contributed by atoms with Gasteiger partial charge in [0, 0.05) is 24.8 Å². The number of hydrogen-bond donors (Lipinski definition) is 4. The van der Waals surface area contributed by atoms with Gasteiger partial charge >= 0.3 is 12.4 Å². The minimum atomic E-state index is -5.11. The molecule has 14 heteroatoms. The number of anilines is 1. The van der Waals surface area contributed by atoms with E-state index in [4.69, 9.17) is 23.2 Å². The first kappa shape index (κ1) is 34.5. The van der Waals surface area contributed by atoms with Gasteiger partial charge in [-0.1, -0.05) is 71.7 Å². The summed E-state index contributed by atoms with van der Waals surface area (Å²) in [5.74, 6) is -0.563. The maximum absolute atomic E-state index is 13.4. The second-order valence-electron chi connectivity index (χ2n) is 11.0. The number of nitrogens with one attached hydrogen (secondary N) is 3. The number of halogens is 8. The van der Waals surface area contributed by atoms with Crippen molar-refractivity contribution in [3.8, 4) is 11.1 Å². The topological polar surface area (TPSA) is 76.6 Å². The van der Waals surface area contributed by atoms with Crippen LogP contribution in [0.15, 0.2) is 91.0 Å². The molecule has 0 radical (unpaired) electrons. The Balaban J connectivity index is 1.23. The molecule has 2 unspecified atom stereocenters. The molecule has 2 atom stereocenters. The van der Waals surface area contributed by atoms with Crippen LogP contribution in [0.5, 0.6) is 0 Å². The van der Waals surface area contributed by atoms with E-state index in [1.54, 1.807) is 0 Å². The molecule has 5 rings (SSSR count). The molecule has 0 aromatic heterocycles. The van der Waals surface area contributed by atoms with Crippen LogP contribution in [0.2, 0.25) is 10.0 Å². The van der Waals surface area contributed by atoms with Crippen LogP contribution in [-0.4, -0.2) is 36.7 Å². The van der Waals surface area contributed by atoms with Crippen molar-refractivity contribution in [3.05, 3.63) is 123 Å². The van der Waals surface area contributed by atoms with Gasteiger partial charge in [-0.2, -0.15) is 26.3 Å². The lowest BCUT2D eigenvalue weighted by Gasteiger charge is -2.41. The summed E-state index contributed by atoms with van der Waals surface area (Å²) in [7, 11) is 0. The lowest BCUT2D eigenvalue weighted by Crippen LogP contribution is -2.59. The van der Waals surface area contributed by atoms with Crippen LogP contribution >= 0.6 is 23.2 Å². The molecule has 4 aromatic carbocycles. The summed E-state index contributed by atoms with van der Waals surface area (Å²) < 4.78 is 80.4. The highest BCUT2D eigenvalue weighted by atomic mass is 35.5. The van der Waals surface area contributed by atoms with E-state index in [0.29, 0.717) is 25.2 Å². The molecule has 1 aliphatic heterocycles. The number of aliphatic hydroxyl groups is 1. The molecule has 0 bridgehead atoms. The predicted octanol–water partition coefficient (Wildman–Crippen LogP) is 7.57. The molecule has 47 heavy (non-hydrogen) atoms. The van der Waals surface area contributed by atoms with Crippen LogP contribution in [0.25, 0.3) is 11.1 Å². The molecule has 0 aliphatic carbocycles. The summed E-state index contributed by atoms with van der Waals surface area (Å²) in [4.78, 5) is 15.1. The number of benzene rings is 4. The third-order valence-electron chi connectivity index (χ3n) is 7.61. The molecule has 248 valence electrons. The van der Waals surface area contributed by atoms with Crippen LogP contribution in [0.3, 0.4) is 0 Å². The Morgan fingerprint density at radius 3 is 1.96 bits per heavy atom. The average molecular weight is 698 g/mol. The van der Waals surface area contributed by atoms with E-state index in [-0.39, 0.29) is 34.3 Å². The summed E-state index contributed by atoms with van der Waals surface area (Å²) in [6.45, 7) is 1.09. The quantitative estimate of drug-likeness (QED) is 0.102. The van der Waals surface area contributed by atoms with Crippen LogP contribution in [0, 0.1) is 0 Å². The van der Waals surface area contributed by atoms with Crippen LogP contribution in [-0.2, 0) is 17.1 Å². The molecular weight excluding hydrogens is 669 g/mol. The monoisotopic (exact) mass is 696 g/mol. The van der Waals surface area contributed by atoms with E-state index >= 15 is 0 Å². The zero-order chi connectivity index (χ0) is 33.9. The van der Waals surface area contributed by atoms with Crippen molar-refractivity contribution in [2.24, 2.45) is 0 Å². The normalized spacial score (nSPS) is 15.2. The number of aliphatic hydroxyl groups excluding tert-OH is 1. The second kappa shape index (κ2) is 14.1. The predicted molar refractivity (Wildman–Crippen MR) is 168 cm³/mol. The Morgan fingerprint density at radius 1 is 0.787 bits per heavy atom. The number of carbonyl (C=O) groups is 1. The standard InChI is InChI=1S/C33H28Cl2F6N4O2/c34-27-11-8-21(14-28(27)35)30(44-31(47)22-12-23(32(36,37)38)15-24(13-22)33(39,40)41)43-29(46)16-42-25-17-45(18-25)26-9-6-20(7-10-26)19-4-2-1-3-5-19/h1-15,25,30-31,42,44,47H,16-18H2,(H,43,46). The summed E-state index contributed by atoms with van der Waals surface area (Å²) in [6.07, 6.45) is -13.6. The lowest BCUT2D eigenvalue weighted by molar-refractivity contribution is -0.143. The molecule has 0 saturated carbocycles. The third kappa shape index (κ3) is 8.76. The molecule has 1 aliphatic rings. The Morgan fingerprint density at radius 2 is 1.38 bits per heavy atom. The van der Waals surface area contributed by atoms with Gasteiger partial charge < -0.3 is 20.6 Å². The molecule has 4 N–H and O–H groups in total. The van der Waals surface area contributed by atoms with Gasteiger partial charge in [0.25, 0.3) is 0 Å². The number of carbonyl (C=O) groups excluding carboxylic acids is 1. The van der Waals surface area contributed by atoms with E-state index in [9.17, 15) is 36.2 Å². The Labute approximate surface area is 276 Å². The van der Waals surface area contributed by atoms with Crippen LogP contribution < -0.4 is 20.9 Å². The third-order valence-corrected chi connectivity index (χ3v) is 8.34. The van der Waals surface area contributed by atoms with Crippen LogP contribution in [0.4, 0.5) is 32.0 Å². The molecule has 6 nitrogen and oxygen atoms in total. The molecular formula is C33H28Cl2F6N4O2. The molecule has 1 amide bonds. The van der Waals surface area contributed by atoms with Crippen molar-refractivity contribution in [1.82, 2.24) is 16.0 Å². The highest BCUT2D eigenvalue weighted by Gasteiger charge is 2.38. The average Bonchev–Trinajstić information content (AvgIpc) is 3.01. The largest absolute Gasteiger partial charge is 0.416 e. The smallest absolute Gasteiger partial charge is 0.374 e. The molecule has 4 aromatic rings. The second-order valence-corrected chi connectivity index (χ2v) is 11.8. The first-order valence-corrected chi connectivity index (χ1v) is 15.0. The molecule has 0 spiro atoms. The van der Waals surface area contributed by atoms with Gasteiger partial charge in [0.05, 0.1) is 27.7 Å². The molecule has 1 heterocycles. The zero-order valence-electron chi connectivity index (χ0n) is 24.3. The minimum Gasteiger partial charge on any atom is -0.374 e. The summed E-state index contributed by atoms with van der Waals surface area (Å²) in [5.41, 5.74) is -0.443. The van der Waals surface area contributed by atoms with E-state index < -0.39 is 47.3 Å². The van der Waals surface area contributed by atoms with Crippen LogP contribution in [0.1, 0.15) is 34.6 Å². The fourth-order valence-electron chi connectivity index (χ4n) is 5.07. The zero-order valence-corrected chi connectivity index (χ0v) is 25.9. The van der Waals surface area contributed by atoms with Gasteiger partial charge in [0.2, 0.25) is 5.91 Å². The number of rotatable bonds is 10. The molecule has 1 fully saturated rings. The van der Waals surface area contributed by atoms with Crippen molar-refractivity contribution in [2.75, 3.05) is 24.5 Å². The van der Waals surface area contributed by atoms with Crippen molar-refractivity contribution >= 4 is 34.8 Å². The van der Waals surface area contributed by atoms with Crippen molar-refractivity contribution < 1.29 is 36.2 Å². The van der Waals surface area contributed by atoms with E-state index in [1.807, 2.05) is 54.6 Å². The number of hydrogen-bond acceptors (Lipinski definition) is 5. The number of nitrogens with zero attached hydrogens (tertiary/aromatic N) is 1. The maximum Gasteiger partial charge on any atom is 0.416 e. The van der Waals surface area contributed by atoms with Gasteiger partial charge in [-0.05, 0) is 64.7 Å². The first-order valence-electron chi connectivity index (χ1n) is 14.3. The summed E-state index contributed by atoms with van der Waals surface area (Å²) in [6, 6.07) is 23.0. The van der Waals surface area contributed by atoms with E-state index in [0.717, 1.165) is 16.8 Å². The Hall–Kier alpha value is -3.81. The Kier molecular flexibility index (Phi) is 10.4. The highest BCUT2D eigenvalue weighted by Crippen LogP contribution is 2.37. The summed E-state index contributed by atoms with van der Waals surface area (Å²) in [5, 5.41) is 19.2. The fourth-order valence-corrected chi connectivity index (χ4v) is 5.37.